The van der Waals surface area contributed by atoms with Gasteiger partial charge in [-0.15, -0.1) is 13.2 Å². The first-order valence-corrected chi connectivity index (χ1v) is 10.1. The number of benzene rings is 2. The quantitative estimate of drug-likeness (QED) is 0.138. The van der Waals surface area contributed by atoms with Gasteiger partial charge in [0, 0.05) is 11.1 Å². The molecular formula is C22H20Cl2F3NO5. The summed E-state index contributed by atoms with van der Waals surface area (Å²) in [5.74, 6) is -1.15. The number of hydrogen-bond acceptors (Lipinski definition) is 6. The largest absolute Gasteiger partial charge is 0.573 e. The number of alkyl halides is 3. The molecule has 33 heavy (non-hydrogen) atoms. The maximum atomic E-state index is 12.4. The summed E-state index contributed by atoms with van der Waals surface area (Å²) in [6.45, 7) is 3.32. The molecule has 178 valence electrons. The molecule has 0 heterocycles. The number of aryl methyl sites for hydroxylation is 1. The summed E-state index contributed by atoms with van der Waals surface area (Å²) in [5, 5.41) is 3.79. The fourth-order valence-electron chi connectivity index (χ4n) is 2.92. The average Bonchev–Trinajstić information content (AvgIpc) is 2.71. The summed E-state index contributed by atoms with van der Waals surface area (Å²) in [7, 11) is 2.66. The van der Waals surface area contributed by atoms with Crippen molar-refractivity contribution in [1.29, 1.82) is 0 Å². The van der Waals surface area contributed by atoms with Crippen molar-refractivity contribution in [3.8, 4) is 5.75 Å². The van der Waals surface area contributed by atoms with Crippen LogP contribution in [0.15, 0.2) is 41.7 Å². The van der Waals surface area contributed by atoms with E-state index in [-0.39, 0.29) is 33.5 Å². The van der Waals surface area contributed by atoms with Crippen molar-refractivity contribution in [1.82, 2.24) is 0 Å². The van der Waals surface area contributed by atoms with Gasteiger partial charge in [0.25, 0.3) is 0 Å². The number of carbonyl (C=O) groups is 1. The summed E-state index contributed by atoms with van der Waals surface area (Å²) in [6, 6.07) is 7.25. The van der Waals surface area contributed by atoms with Crippen LogP contribution in [0.3, 0.4) is 0 Å². The highest BCUT2D eigenvalue weighted by Gasteiger charge is 2.31. The Balaban J connectivity index is 2.31. The van der Waals surface area contributed by atoms with Crippen molar-refractivity contribution in [2.75, 3.05) is 14.2 Å². The van der Waals surface area contributed by atoms with Crippen molar-refractivity contribution < 1.29 is 37.0 Å². The van der Waals surface area contributed by atoms with E-state index in [2.05, 4.69) is 9.89 Å². The fraction of sp³-hybridized carbons (Fsp3) is 0.273. The van der Waals surface area contributed by atoms with Crippen molar-refractivity contribution in [3.05, 3.63) is 68.9 Å². The third-order valence-electron chi connectivity index (χ3n) is 4.36. The van der Waals surface area contributed by atoms with Gasteiger partial charge in [0.2, 0.25) is 0 Å². The maximum absolute atomic E-state index is 12.4. The third-order valence-corrected chi connectivity index (χ3v) is 4.96. The number of methoxy groups -OCH3 is 2. The van der Waals surface area contributed by atoms with Crippen LogP contribution in [-0.4, -0.2) is 32.3 Å². The molecule has 0 radical (unpaired) electrons. The van der Waals surface area contributed by atoms with E-state index < -0.39 is 18.1 Å². The second kappa shape index (κ2) is 11.3. The summed E-state index contributed by atoms with van der Waals surface area (Å²) >= 11 is 12.2. The Morgan fingerprint density at radius 3 is 2.33 bits per heavy atom. The van der Waals surface area contributed by atoms with Crippen LogP contribution in [0, 0.1) is 6.92 Å². The lowest BCUT2D eigenvalue weighted by molar-refractivity contribution is -0.274. The Morgan fingerprint density at radius 1 is 1.15 bits per heavy atom. The Kier molecular flexibility index (Phi) is 9.01. The van der Waals surface area contributed by atoms with E-state index in [0.717, 1.165) is 17.7 Å². The van der Waals surface area contributed by atoms with Crippen LogP contribution >= 0.6 is 23.2 Å². The van der Waals surface area contributed by atoms with Gasteiger partial charge in [0.15, 0.2) is 0 Å². The minimum atomic E-state index is -4.88. The number of oxime groups is 1. The number of nitrogens with zero attached hydrogens (tertiary/aromatic N) is 1. The molecule has 0 aliphatic heterocycles. The molecule has 2 aromatic rings. The minimum Gasteiger partial charge on any atom is -0.503 e. The van der Waals surface area contributed by atoms with Crippen LogP contribution in [-0.2, 0) is 25.7 Å². The summed E-state index contributed by atoms with van der Waals surface area (Å²) in [6.07, 6.45) is -3.62. The zero-order valence-electron chi connectivity index (χ0n) is 18.0. The molecule has 0 aromatic heterocycles. The molecule has 0 unspecified atom stereocenters. The predicted molar refractivity (Wildman–Crippen MR) is 118 cm³/mol. The number of esters is 1. The first-order chi connectivity index (χ1) is 15.5. The highest BCUT2D eigenvalue weighted by Crippen LogP contribution is 2.33. The maximum Gasteiger partial charge on any atom is 0.573 e. The van der Waals surface area contributed by atoms with E-state index in [1.54, 1.807) is 12.1 Å². The van der Waals surface area contributed by atoms with Crippen molar-refractivity contribution in [2.45, 2.75) is 26.8 Å². The van der Waals surface area contributed by atoms with Gasteiger partial charge in [-0.2, -0.15) is 0 Å². The van der Waals surface area contributed by atoms with E-state index in [0.29, 0.717) is 11.1 Å². The summed E-state index contributed by atoms with van der Waals surface area (Å²) < 4.78 is 51.0. The SMILES string of the molecule is CO/C=C(/C(=O)OC)c1cccc(C)c1CO/N=C(\C)c1c(Cl)cc(OC(F)(F)F)cc1Cl. The second-order valence-corrected chi connectivity index (χ2v) is 7.43. The van der Waals surface area contributed by atoms with E-state index in [9.17, 15) is 18.0 Å². The number of hydrogen-bond donors (Lipinski definition) is 0. The molecule has 0 saturated heterocycles. The summed E-state index contributed by atoms with van der Waals surface area (Å²) in [4.78, 5) is 17.6. The van der Waals surface area contributed by atoms with Gasteiger partial charge in [-0.05, 0) is 37.1 Å². The Bertz CT molecular complexity index is 1060. The number of ether oxygens (including phenoxy) is 3. The van der Waals surface area contributed by atoms with Crippen LogP contribution in [0.2, 0.25) is 10.0 Å². The Hall–Kier alpha value is -2.91. The molecule has 2 aromatic carbocycles. The normalized spacial score (nSPS) is 12.4. The van der Waals surface area contributed by atoms with Gasteiger partial charge in [0.1, 0.15) is 17.9 Å². The lowest BCUT2D eigenvalue weighted by Crippen LogP contribution is -2.17. The predicted octanol–water partition coefficient (Wildman–Crippen LogP) is 6.30. The Labute approximate surface area is 198 Å². The van der Waals surface area contributed by atoms with Gasteiger partial charge in [-0.25, -0.2) is 4.79 Å². The van der Waals surface area contributed by atoms with Crippen LogP contribution in [0.5, 0.6) is 5.75 Å². The molecule has 0 spiro atoms. The molecule has 11 heteroatoms. The molecule has 6 nitrogen and oxygen atoms in total. The molecular weight excluding hydrogens is 486 g/mol. The van der Waals surface area contributed by atoms with Gasteiger partial charge < -0.3 is 19.0 Å². The molecule has 0 N–H and O–H groups in total. The minimum absolute atomic E-state index is 0.0398. The standard InChI is InChI=1S/C22H20Cl2F3NO5/c1-12-6-5-7-15(17(10-30-3)21(29)31-4)16(12)11-32-28-13(2)20-18(23)8-14(9-19(20)24)33-22(25,26)27/h5-10H,11H2,1-4H3/b17-10+,28-13+. The van der Waals surface area contributed by atoms with E-state index in [1.807, 2.05) is 13.0 Å². The van der Waals surface area contributed by atoms with Gasteiger partial charge >= 0.3 is 12.3 Å². The molecule has 0 amide bonds. The molecule has 0 atom stereocenters. The number of rotatable bonds is 8. The third kappa shape index (κ3) is 7.03. The molecule has 0 saturated carbocycles. The van der Waals surface area contributed by atoms with E-state index in [1.165, 1.54) is 27.4 Å². The Morgan fingerprint density at radius 2 is 1.79 bits per heavy atom. The van der Waals surface area contributed by atoms with E-state index in [4.69, 9.17) is 37.5 Å². The second-order valence-electron chi connectivity index (χ2n) is 6.62. The molecule has 0 bridgehead atoms. The first-order valence-electron chi connectivity index (χ1n) is 9.30. The summed E-state index contributed by atoms with van der Waals surface area (Å²) in [5.41, 5.74) is 2.59. The van der Waals surface area contributed by atoms with Crippen LogP contribution in [0.25, 0.3) is 5.57 Å². The van der Waals surface area contributed by atoms with Crippen LogP contribution in [0.4, 0.5) is 13.2 Å². The first kappa shape index (κ1) is 26.3. The molecule has 0 fully saturated rings. The smallest absolute Gasteiger partial charge is 0.503 e. The van der Waals surface area contributed by atoms with Crippen molar-refractivity contribution in [2.24, 2.45) is 5.16 Å². The lowest BCUT2D eigenvalue weighted by atomic mass is 9.97. The van der Waals surface area contributed by atoms with Gasteiger partial charge in [-0.1, -0.05) is 46.6 Å². The van der Waals surface area contributed by atoms with Crippen molar-refractivity contribution in [3.63, 3.8) is 0 Å². The monoisotopic (exact) mass is 505 g/mol. The molecule has 2 rings (SSSR count). The topological polar surface area (TPSA) is 66.4 Å². The number of halogens is 5. The zero-order valence-corrected chi connectivity index (χ0v) is 19.6. The van der Waals surface area contributed by atoms with Gasteiger partial charge in [-0.3, -0.25) is 0 Å². The van der Waals surface area contributed by atoms with Gasteiger partial charge in [0.05, 0.1) is 36.2 Å². The average molecular weight is 506 g/mol. The highest BCUT2D eigenvalue weighted by molar-refractivity contribution is 6.40. The molecule has 0 aliphatic carbocycles. The molecule has 0 aliphatic rings. The van der Waals surface area contributed by atoms with Crippen molar-refractivity contribution >= 4 is 40.5 Å². The number of carbonyl (C=O) groups excluding carboxylic acids is 1. The highest BCUT2D eigenvalue weighted by atomic mass is 35.5. The van der Waals surface area contributed by atoms with Crippen LogP contribution in [0.1, 0.15) is 29.2 Å². The zero-order chi connectivity index (χ0) is 24.8. The fourth-order valence-corrected chi connectivity index (χ4v) is 3.66. The van der Waals surface area contributed by atoms with Crippen LogP contribution < -0.4 is 4.74 Å². The lowest BCUT2D eigenvalue weighted by Gasteiger charge is -2.14. The van der Waals surface area contributed by atoms with E-state index >= 15 is 0 Å².